The van der Waals surface area contributed by atoms with Crippen LogP contribution in [0.3, 0.4) is 0 Å². The van der Waals surface area contributed by atoms with Crippen LogP contribution in [0.15, 0.2) is 42.7 Å². The molecular weight excluding hydrogens is 406 g/mol. The highest BCUT2D eigenvalue weighted by Crippen LogP contribution is 2.38. The maximum Gasteiger partial charge on any atom is 0.410 e. The van der Waals surface area contributed by atoms with Gasteiger partial charge >= 0.3 is 6.09 Å². The zero-order chi connectivity index (χ0) is 22.5. The fourth-order valence-electron chi connectivity index (χ4n) is 4.40. The van der Waals surface area contributed by atoms with Gasteiger partial charge in [0.15, 0.2) is 0 Å². The Bertz CT molecular complexity index is 1200. The molecule has 0 radical (unpaired) electrons. The number of ether oxygens (including phenoxy) is 1. The lowest BCUT2D eigenvalue weighted by Gasteiger charge is -2.33. The number of hydrogen-bond acceptors (Lipinski definition) is 5. The van der Waals surface area contributed by atoms with E-state index >= 15 is 0 Å². The molecule has 2 amide bonds. The lowest BCUT2D eigenvalue weighted by molar-refractivity contribution is 0.0184. The minimum atomic E-state index is -0.484. The molecule has 1 aromatic heterocycles. The molecule has 2 aliphatic rings. The normalized spacial score (nSPS) is 16.3. The summed E-state index contributed by atoms with van der Waals surface area (Å²) in [4.78, 5) is 26.2. The van der Waals surface area contributed by atoms with Gasteiger partial charge < -0.3 is 20.3 Å². The summed E-state index contributed by atoms with van der Waals surface area (Å²) in [6.07, 6.45) is 5.22. The Labute approximate surface area is 186 Å². The average Bonchev–Trinajstić information content (AvgIpc) is 3.35. The van der Waals surface area contributed by atoms with E-state index in [2.05, 4.69) is 15.7 Å². The van der Waals surface area contributed by atoms with Crippen LogP contribution in [0.2, 0.25) is 0 Å². The van der Waals surface area contributed by atoms with E-state index in [1.807, 2.05) is 68.2 Å². The lowest BCUT2D eigenvalue weighted by atomic mass is 10.0. The number of carbonyl (C=O) groups is 2. The Kier molecular flexibility index (Phi) is 4.80. The summed E-state index contributed by atoms with van der Waals surface area (Å²) in [6.45, 7) is 6.95. The Morgan fingerprint density at radius 3 is 2.72 bits per heavy atom. The molecule has 3 heterocycles. The Balaban J connectivity index is 1.28. The number of aromatic nitrogens is 2. The maximum atomic E-state index is 12.3. The zero-order valence-electron chi connectivity index (χ0n) is 18.5. The van der Waals surface area contributed by atoms with Crippen molar-refractivity contribution in [2.75, 3.05) is 23.7 Å². The number of piperidine rings is 1. The van der Waals surface area contributed by atoms with E-state index < -0.39 is 5.60 Å². The zero-order valence-corrected chi connectivity index (χ0v) is 18.5. The molecule has 166 valence electrons. The van der Waals surface area contributed by atoms with E-state index in [-0.39, 0.29) is 18.0 Å². The molecule has 0 bridgehead atoms. The molecule has 0 aliphatic carbocycles. The van der Waals surface area contributed by atoms with Gasteiger partial charge in [0.25, 0.3) is 5.91 Å². The summed E-state index contributed by atoms with van der Waals surface area (Å²) < 4.78 is 7.45. The molecule has 0 unspecified atom stereocenters. The van der Waals surface area contributed by atoms with Crippen LogP contribution in [0, 0.1) is 0 Å². The van der Waals surface area contributed by atoms with Crippen molar-refractivity contribution in [1.29, 1.82) is 0 Å². The molecule has 5 rings (SSSR count). The van der Waals surface area contributed by atoms with Crippen molar-refractivity contribution in [1.82, 2.24) is 14.7 Å². The number of carbonyl (C=O) groups excluding carboxylic acids is 2. The predicted molar refractivity (Wildman–Crippen MR) is 123 cm³/mol. The summed E-state index contributed by atoms with van der Waals surface area (Å²) >= 11 is 0. The number of rotatable bonds is 3. The fourth-order valence-corrected chi connectivity index (χ4v) is 4.40. The number of nitrogens with one attached hydrogen (secondary N) is 2. The van der Waals surface area contributed by atoms with Crippen LogP contribution >= 0.6 is 0 Å². The van der Waals surface area contributed by atoms with Crippen molar-refractivity contribution in [3.05, 3.63) is 48.3 Å². The predicted octanol–water partition coefficient (Wildman–Crippen LogP) is 4.92. The average molecular weight is 434 g/mol. The van der Waals surface area contributed by atoms with Crippen molar-refractivity contribution >= 4 is 39.8 Å². The molecule has 8 heteroatoms. The van der Waals surface area contributed by atoms with Crippen molar-refractivity contribution in [3.8, 4) is 0 Å². The van der Waals surface area contributed by atoms with Crippen LogP contribution < -0.4 is 10.6 Å². The van der Waals surface area contributed by atoms with Gasteiger partial charge in [-0.2, -0.15) is 5.10 Å². The van der Waals surface area contributed by atoms with Crippen LogP contribution in [0.1, 0.15) is 50.0 Å². The summed E-state index contributed by atoms with van der Waals surface area (Å²) in [5, 5.41) is 12.9. The number of nitrogens with zero attached hydrogens (tertiary/aromatic N) is 3. The summed E-state index contributed by atoms with van der Waals surface area (Å²) in [5.41, 5.74) is 2.88. The highest BCUT2D eigenvalue weighted by Gasteiger charge is 2.28. The number of amides is 2. The molecule has 8 nitrogen and oxygen atoms in total. The van der Waals surface area contributed by atoms with E-state index in [0.29, 0.717) is 18.7 Å². The van der Waals surface area contributed by atoms with Gasteiger partial charge in [0, 0.05) is 47.0 Å². The van der Waals surface area contributed by atoms with Gasteiger partial charge in [0.05, 0.1) is 17.9 Å². The SMILES string of the molecule is CC(C)(C)OC(=O)N1CCC(n2cc(Nc3ccc4c5c(cccc35)C(=O)N4)cn2)CC1. The van der Waals surface area contributed by atoms with E-state index in [1.165, 1.54) is 0 Å². The quantitative estimate of drug-likeness (QED) is 0.612. The third-order valence-corrected chi connectivity index (χ3v) is 5.90. The van der Waals surface area contributed by atoms with Gasteiger partial charge in [-0.25, -0.2) is 4.79 Å². The van der Waals surface area contributed by atoms with Crippen molar-refractivity contribution < 1.29 is 14.3 Å². The molecule has 0 saturated carbocycles. The molecule has 2 aliphatic heterocycles. The molecule has 3 aromatic rings. The molecule has 1 fully saturated rings. The van der Waals surface area contributed by atoms with E-state index in [4.69, 9.17) is 4.74 Å². The molecule has 1 saturated heterocycles. The number of likely N-dealkylation sites (tertiary alicyclic amines) is 1. The third-order valence-electron chi connectivity index (χ3n) is 5.90. The van der Waals surface area contributed by atoms with Crippen LogP contribution in [0.5, 0.6) is 0 Å². The van der Waals surface area contributed by atoms with Crippen LogP contribution in [0.25, 0.3) is 10.8 Å². The van der Waals surface area contributed by atoms with Crippen molar-refractivity contribution in [3.63, 3.8) is 0 Å². The second-order valence-corrected chi connectivity index (χ2v) is 9.38. The summed E-state index contributed by atoms with van der Waals surface area (Å²) in [7, 11) is 0. The highest BCUT2D eigenvalue weighted by molar-refractivity contribution is 6.25. The van der Waals surface area contributed by atoms with Crippen LogP contribution in [-0.2, 0) is 4.74 Å². The Hall–Kier alpha value is -3.55. The summed E-state index contributed by atoms with van der Waals surface area (Å²) in [6, 6.07) is 9.90. The topological polar surface area (TPSA) is 88.5 Å². The molecule has 2 aromatic carbocycles. The van der Waals surface area contributed by atoms with Gasteiger partial charge in [0.1, 0.15) is 5.60 Å². The van der Waals surface area contributed by atoms with Crippen molar-refractivity contribution in [2.24, 2.45) is 0 Å². The first-order chi connectivity index (χ1) is 15.3. The second-order valence-electron chi connectivity index (χ2n) is 9.38. The van der Waals surface area contributed by atoms with Gasteiger partial charge in [-0.1, -0.05) is 12.1 Å². The van der Waals surface area contributed by atoms with Gasteiger partial charge in [-0.3, -0.25) is 9.48 Å². The molecule has 2 N–H and O–H groups in total. The van der Waals surface area contributed by atoms with E-state index in [9.17, 15) is 9.59 Å². The number of hydrogen-bond donors (Lipinski definition) is 2. The number of benzene rings is 2. The minimum Gasteiger partial charge on any atom is -0.444 e. The Morgan fingerprint density at radius 2 is 1.97 bits per heavy atom. The highest BCUT2D eigenvalue weighted by atomic mass is 16.6. The van der Waals surface area contributed by atoms with E-state index in [0.717, 1.165) is 40.7 Å². The Morgan fingerprint density at radius 1 is 1.19 bits per heavy atom. The minimum absolute atomic E-state index is 0.0618. The molecule has 0 spiro atoms. The fraction of sp³-hybridized carbons (Fsp3) is 0.375. The smallest absolute Gasteiger partial charge is 0.410 e. The first-order valence-electron chi connectivity index (χ1n) is 10.9. The van der Waals surface area contributed by atoms with Gasteiger partial charge in [-0.05, 0) is 51.8 Å². The molecule has 32 heavy (non-hydrogen) atoms. The first kappa shape index (κ1) is 20.4. The molecular formula is C24H27N5O3. The van der Waals surface area contributed by atoms with Crippen molar-refractivity contribution in [2.45, 2.75) is 45.3 Å². The summed E-state index contributed by atoms with van der Waals surface area (Å²) in [5.74, 6) is -0.0618. The largest absolute Gasteiger partial charge is 0.444 e. The maximum absolute atomic E-state index is 12.3. The monoisotopic (exact) mass is 433 g/mol. The first-order valence-corrected chi connectivity index (χ1v) is 10.9. The van der Waals surface area contributed by atoms with E-state index in [1.54, 1.807) is 4.90 Å². The van der Waals surface area contributed by atoms with Gasteiger partial charge in [0.2, 0.25) is 0 Å². The van der Waals surface area contributed by atoms with Crippen LogP contribution in [-0.4, -0.2) is 45.4 Å². The third kappa shape index (κ3) is 3.77. The molecule has 0 atom stereocenters. The standard InChI is InChI=1S/C24H27N5O3/c1-24(2,3)32-23(31)28-11-9-16(10-12-28)29-14-15(13-25-29)26-19-7-8-20-21-17(19)5-4-6-18(21)22(30)27-20/h4-8,13-14,16,26H,9-12H2,1-3H3,(H,27,30). The number of anilines is 3. The van der Waals surface area contributed by atoms with Crippen LogP contribution in [0.4, 0.5) is 21.9 Å². The van der Waals surface area contributed by atoms with Gasteiger partial charge in [-0.15, -0.1) is 0 Å². The lowest BCUT2D eigenvalue weighted by Crippen LogP contribution is -2.42. The second kappa shape index (κ2) is 7.55.